The Morgan fingerprint density at radius 1 is 1.25 bits per heavy atom. The van der Waals surface area contributed by atoms with Gasteiger partial charge in [-0.2, -0.15) is 5.10 Å². The molecule has 0 aliphatic heterocycles. The Labute approximate surface area is 118 Å². The Kier molecular flexibility index (Phi) is 3.03. The lowest BCUT2D eigenvalue weighted by Gasteiger charge is -2.04. The number of aromatic hydroxyl groups is 2. The first-order valence-electron chi connectivity index (χ1n) is 5.86. The maximum atomic E-state index is 9.57. The van der Waals surface area contributed by atoms with E-state index in [-0.39, 0.29) is 11.5 Å². The molecule has 2 heterocycles. The van der Waals surface area contributed by atoms with Crippen molar-refractivity contribution in [2.24, 2.45) is 12.0 Å². The predicted molar refractivity (Wildman–Crippen MR) is 75.9 cm³/mol. The van der Waals surface area contributed by atoms with E-state index in [0.717, 1.165) is 16.1 Å². The topological polar surface area (TPSA) is 86.4 Å². The van der Waals surface area contributed by atoms with Crippen LogP contribution in [0, 0.1) is 0 Å². The molecule has 20 heavy (non-hydrogen) atoms. The van der Waals surface area contributed by atoms with Gasteiger partial charge in [0.15, 0.2) is 22.1 Å². The van der Waals surface area contributed by atoms with Crippen LogP contribution in [-0.4, -0.2) is 25.0 Å². The summed E-state index contributed by atoms with van der Waals surface area (Å²) in [6.07, 6.45) is 1.64. The first-order valence-corrected chi connectivity index (χ1v) is 6.74. The number of aromatic nitrogens is 3. The minimum absolute atomic E-state index is 0.131. The molecule has 1 aromatic carbocycles. The summed E-state index contributed by atoms with van der Waals surface area (Å²) in [5.74, 6) is 0.414. The van der Waals surface area contributed by atoms with E-state index in [2.05, 4.69) is 15.2 Å². The number of hydrogen-bond donors (Lipinski definition) is 3. The van der Waals surface area contributed by atoms with Crippen molar-refractivity contribution in [3.8, 4) is 22.8 Å². The largest absolute Gasteiger partial charge is 0.504 e. The van der Waals surface area contributed by atoms with Crippen molar-refractivity contribution in [2.75, 3.05) is 0 Å². The fourth-order valence-electron chi connectivity index (χ4n) is 1.83. The van der Waals surface area contributed by atoms with Gasteiger partial charge in [-0.1, -0.05) is 0 Å². The van der Waals surface area contributed by atoms with Gasteiger partial charge >= 0.3 is 0 Å². The van der Waals surface area contributed by atoms with Crippen LogP contribution in [0.2, 0.25) is 0 Å². The fraction of sp³-hybridized carbons (Fsp3) is 0.0769. The summed E-state index contributed by atoms with van der Waals surface area (Å²) in [6, 6.07) is 6.52. The molecule has 0 saturated carbocycles. The van der Waals surface area contributed by atoms with Crippen molar-refractivity contribution in [3.63, 3.8) is 0 Å². The molecule has 0 fully saturated rings. The number of phenols is 2. The number of nitrogens with one attached hydrogen (secondary N) is 1. The van der Waals surface area contributed by atoms with Crippen LogP contribution in [0.15, 0.2) is 40.8 Å². The molecule has 3 rings (SSSR count). The second kappa shape index (κ2) is 4.86. The van der Waals surface area contributed by atoms with Gasteiger partial charge in [0.1, 0.15) is 0 Å². The summed E-state index contributed by atoms with van der Waals surface area (Å²) >= 11 is 1.48. The summed E-state index contributed by atoms with van der Waals surface area (Å²) < 4.78 is 1.91. The molecule has 0 saturated heterocycles. The summed E-state index contributed by atoms with van der Waals surface area (Å²) in [5.41, 5.74) is 1.72. The van der Waals surface area contributed by atoms with Crippen molar-refractivity contribution < 1.29 is 10.2 Å². The monoisotopic (exact) mass is 288 g/mol. The van der Waals surface area contributed by atoms with Gasteiger partial charge in [0.25, 0.3) is 0 Å². The Balaban J connectivity index is 2.08. The van der Waals surface area contributed by atoms with Gasteiger partial charge < -0.3 is 14.8 Å². The highest BCUT2D eigenvalue weighted by Crippen LogP contribution is 2.30. The maximum Gasteiger partial charge on any atom is 0.191 e. The van der Waals surface area contributed by atoms with Crippen LogP contribution in [-0.2, 0) is 7.05 Å². The van der Waals surface area contributed by atoms with Gasteiger partial charge in [0, 0.05) is 24.1 Å². The molecule has 0 aliphatic carbocycles. The van der Waals surface area contributed by atoms with Crippen molar-refractivity contribution in [1.82, 2.24) is 14.8 Å². The third kappa shape index (κ3) is 2.19. The molecule has 0 aliphatic rings. The Morgan fingerprint density at radius 3 is 2.80 bits per heavy atom. The molecule has 2 aromatic heterocycles. The quantitative estimate of drug-likeness (QED) is 0.631. The molecule has 102 valence electrons. The highest BCUT2D eigenvalue weighted by Gasteiger charge is 2.07. The van der Waals surface area contributed by atoms with Gasteiger partial charge in [-0.3, -0.25) is 5.10 Å². The van der Waals surface area contributed by atoms with Gasteiger partial charge in [-0.15, -0.1) is 11.3 Å². The standard InChI is InChI=1S/C13H12N4O2S/c1-17-9(8-2-3-10(18)11(19)6-8)7-20-13(17)15-12-4-5-14-16-12/h2-7,18-19H,1H3,(H,14,16)/b15-13-. The number of aromatic amines is 1. The average Bonchev–Trinajstić information content (AvgIpc) is 3.05. The zero-order valence-corrected chi connectivity index (χ0v) is 11.4. The smallest absolute Gasteiger partial charge is 0.191 e. The van der Waals surface area contributed by atoms with E-state index in [0.29, 0.717) is 5.82 Å². The van der Waals surface area contributed by atoms with E-state index in [1.807, 2.05) is 17.0 Å². The highest BCUT2D eigenvalue weighted by atomic mass is 32.1. The molecular weight excluding hydrogens is 276 g/mol. The van der Waals surface area contributed by atoms with Crippen molar-refractivity contribution in [3.05, 3.63) is 40.6 Å². The van der Waals surface area contributed by atoms with Crippen LogP contribution in [0.1, 0.15) is 0 Å². The van der Waals surface area contributed by atoms with E-state index in [4.69, 9.17) is 0 Å². The normalized spacial score (nSPS) is 11.9. The first kappa shape index (κ1) is 12.5. The number of thiazole rings is 1. The Hall–Kier alpha value is -2.54. The van der Waals surface area contributed by atoms with E-state index in [1.165, 1.54) is 23.5 Å². The number of benzene rings is 1. The lowest BCUT2D eigenvalue weighted by molar-refractivity contribution is 0.404. The number of phenolic OH excluding ortho intramolecular Hbond substituents is 2. The summed E-state index contributed by atoms with van der Waals surface area (Å²) in [7, 11) is 1.89. The molecule has 6 nitrogen and oxygen atoms in total. The third-order valence-corrected chi connectivity index (χ3v) is 3.81. The van der Waals surface area contributed by atoms with Gasteiger partial charge in [0.05, 0.1) is 11.9 Å². The van der Waals surface area contributed by atoms with E-state index < -0.39 is 0 Å². The molecule has 0 bridgehead atoms. The second-order valence-corrected chi connectivity index (χ2v) is 5.06. The average molecular weight is 288 g/mol. The number of nitrogens with zero attached hydrogens (tertiary/aromatic N) is 3. The first-order chi connectivity index (χ1) is 9.65. The van der Waals surface area contributed by atoms with Crippen LogP contribution in [0.25, 0.3) is 11.3 Å². The number of rotatable bonds is 2. The van der Waals surface area contributed by atoms with Crippen LogP contribution in [0.3, 0.4) is 0 Å². The molecule has 0 spiro atoms. The lowest BCUT2D eigenvalue weighted by Crippen LogP contribution is -2.10. The zero-order chi connectivity index (χ0) is 14.1. The zero-order valence-electron chi connectivity index (χ0n) is 10.6. The second-order valence-electron chi connectivity index (χ2n) is 4.22. The SMILES string of the molecule is Cn1c(-c2ccc(O)c(O)c2)cs/c1=N\c1ccn[nH]1. The third-order valence-electron chi connectivity index (χ3n) is 2.90. The summed E-state index contributed by atoms with van der Waals surface area (Å²) in [6.45, 7) is 0. The molecule has 3 N–H and O–H groups in total. The van der Waals surface area contributed by atoms with Crippen LogP contribution in [0.4, 0.5) is 5.82 Å². The lowest BCUT2D eigenvalue weighted by atomic mass is 10.1. The summed E-state index contributed by atoms with van der Waals surface area (Å²) in [4.78, 5) is 5.24. The van der Waals surface area contributed by atoms with Gasteiger partial charge in [0.2, 0.25) is 0 Å². The fourth-order valence-corrected chi connectivity index (χ4v) is 2.75. The molecule has 0 unspecified atom stereocenters. The number of hydrogen-bond acceptors (Lipinski definition) is 5. The Morgan fingerprint density at radius 2 is 2.10 bits per heavy atom. The predicted octanol–water partition coefficient (Wildman–Crippen LogP) is 2.12. The van der Waals surface area contributed by atoms with Crippen molar-refractivity contribution in [2.45, 2.75) is 0 Å². The van der Waals surface area contributed by atoms with E-state index in [1.54, 1.807) is 18.3 Å². The van der Waals surface area contributed by atoms with E-state index >= 15 is 0 Å². The van der Waals surface area contributed by atoms with Crippen LogP contribution < -0.4 is 4.80 Å². The van der Waals surface area contributed by atoms with E-state index in [9.17, 15) is 10.2 Å². The Bertz CT molecular complexity index is 802. The minimum Gasteiger partial charge on any atom is -0.504 e. The molecule has 3 aromatic rings. The van der Waals surface area contributed by atoms with Crippen molar-refractivity contribution in [1.29, 1.82) is 0 Å². The highest BCUT2D eigenvalue weighted by molar-refractivity contribution is 7.07. The van der Waals surface area contributed by atoms with Gasteiger partial charge in [-0.05, 0) is 18.2 Å². The number of H-pyrrole nitrogens is 1. The molecular formula is C13H12N4O2S. The molecule has 0 amide bonds. The summed E-state index contributed by atoms with van der Waals surface area (Å²) in [5, 5.41) is 27.5. The molecule has 0 radical (unpaired) electrons. The van der Waals surface area contributed by atoms with Gasteiger partial charge in [-0.25, -0.2) is 4.99 Å². The van der Waals surface area contributed by atoms with Crippen LogP contribution >= 0.6 is 11.3 Å². The molecule has 7 heteroatoms. The van der Waals surface area contributed by atoms with Crippen molar-refractivity contribution >= 4 is 17.2 Å². The maximum absolute atomic E-state index is 9.57. The van der Waals surface area contributed by atoms with Crippen LogP contribution in [0.5, 0.6) is 11.5 Å². The molecule has 0 atom stereocenters. The minimum atomic E-state index is -0.138.